The summed E-state index contributed by atoms with van der Waals surface area (Å²) in [5.74, 6) is -2.50. The second kappa shape index (κ2) is 10.9. The van der Waals surface area contributed by atoms with E-state index in [-0.39, 0.29) is 38.7 Å². The summed E-state index contributed by atoms with van der Waals surface area (Å²) in [6.07, 6.45) is 0. The van der Waals surface area contributed by atoms with Crippen LogP contribution in [0.2, 0.25) is 10.0 Å². The molecule has 3 aromatic rings. The molecule has 13 heteroatoms. The number of aryl methyl sites for hydroxylation is 1. The molecule has 37 heavy (non-hydrogen) atoms. The summed E-state index contributed by atoms with van der Waals surface area (Å²) in [6.45, 7) is 3.55. The topological polar surface area (TPSA) is 118 Å². The summed E-state index contributed by atoms with van der Waals surface area (Å²) in [6, 6.07) is 10.5. The van der Waals surface area contributed by atoms with Gasteiger partial charge < -0.3 is 10.1 Å². The number of rotatable bonds is 7. The monoisotopic (exact) mass is 578 g/mol. The molecule has 2 aromatic carbocycles. The average molecular weight is 580 g/mol. The third kappa shape index (κ3) is 5.47. The predicted octanol–water partition coefficient (Wildman–Crippen LogP) is 5.62. The number of anilines is 3. The third-order valence-corrected chi connectivity index (χ3v) is 6.99. The van der Waals surface area contributed by atoms with Crippen molar-refractivity contribution < 1.29 is 23.9 Å². The van der Waals surface area contributed by atoms with Gasteiger partial charge in [-0.1, -0.05) is 52.2 Å². The maximum Gasteiger partial charge on any atom is 0.350 e. The second-order valence-corrected chi connectivity index (χ2v) is 9.77. The zero-order valence-electron chi connectivity index (χ0n) is 19.2. The van der Waals surface area contributed by atoms with E-state index in [4.69, 9.17) is 39.5 Å². The van der Waals surface area contributed by atoms with Crippen LogP contribution >= 0.6 is 46.1 Å². The van der Waals surface area contributed by atoms with E-state index in [0.29, 0.717) is 21.3 Å². The minimum atomic E-state index is -0.760. The predicted molar refractivity (Wildman–Crippen MR) is 143 cm³/mol. The molecule has 1 aliphatic heterocycles. The smallest absolute Gasteiger partial charge is 0.350 e. The van der Waals surface area contributed by atoms with Gasteiger partial charge in [-0.2, -0.15) is 0 Å². The number of hydrogen-bond donors (Lipinski definition) is 2. The number of nitrogens with one attached hydrogen (secondary N) is 2. The van der Waals surface area contributed by atoms with Crippen LogP contribution in [0.15, 0.2) is 53.2 Å². The number of amides is 3. The fraction of sp³-hybridized carbons (Fsp3) is 0.125. The average Bonchev–Trinajstić information content (AvgIpc) is 3.32. The molecule has 1 aromatic heterocycles. The Morgan fingerprint density at radius 3 is 2.54 bits per heavy atom. The lowest BCUT2D eigenvalue weighted by atomic mass is 10.2. The summed E-state index contributed by atoms with van der Waals surface area (Å²) in [5, 5.41) is 5.78. The van der Waals surface area contributed by atoms with Crippen molar-refractivity contribution in [2.45, 2.75) is 13.8 Å². The molecule has 3 amide bonds. The zero-order valence-corrected chi connectivity index (χ0v) is 22.3. The Labute approximate surface area is 230 Å². The van der Waals surface area contributed by atoms with Crippen LogP contribution in [0, 0.1) is 6.92 Å². The van der Waals surface area contributed by atoms with E-state index in [2.05, 4.69) is 15.6 Å². The molecule has 0 atom stereocenters. The van der Waals surface area contributed by atoms with Crippen LogP contribution in [0.3, 0.4) is 0 Å². The van der Waals surface area contributed by atoms with Gasteiger partial charge in [-0.15, -0.1) is 0 Å². The van der Waals surface area contributed by atoms with Gasteiger partial charge in [0.1, 0.15) is 15.6 Å². The highest BCUT2D eigenvalue weighted by Gasteiger charge is 2.40. The zero-order chi connectivity index (χ0) is 26.9. The molecule has 2 heterocycles. The van der Waals surface area contributed by atoms with Crippen LogP contribution < -0.4 is 15.5 Å². The first-order valence-electron chi connectivity index (χ1n) is 10.7. The van der Waals surface area contributed by atoms with Crippen LogP contribution in [-0.4, -0.2) is 35.3 Å². The van der Waals surface area contributed by atoms with E-state index in [9.17, 15) is 19.2 Å². The number of nitrogens with zero attached hydrogens (tertiary/aromatic N) is 2. The Hall–Kier alpha value is -3.44. The Bertz CT molecular complexity index is 1490. The fourth-order valence-electron chi connectivity index (χ4n) is 3.38. The van der Waals surface area contributed by atoms with Crippen LogP contribution in [0.4, 0.5) is 16.5 Å². The Morgan fingerprint density at radius 2 is 1.84 bits per heavy atom. The lowest BCUT2D eigenvalue weighted by Crippen LogP contribution is -2.32. The normalized spacial score (nSPS) is 13.3. The minimum absolute atomic E-state index is 0.0992. The molecule has 0 fully saturated rings. The summed E-state index contributed by atoms with van der Waals surface area (Å²) in [5.41, 5.74) is 0.940. The number of esters is 1. The second-order valence-electron chi connectivity index (χ2n) is 7.54. The number of hydrogen-bond acceptors (Lipinski definition) is 8. The van der Waals surface area contributed by atoms with Gasteiger partial charge in [0.05, 0.1) is 23.0 Å². The molecule has 0 saturated carbocycles. The van der Waals surface area contributed by atoms with Crippen molar-refractivity contribution in [3.05, 3.63) is 79.4 Å². The van der Waals surface area contributed by atoms with E-state index >= 15 is 0 Å². The van der Waals surface area contributed by atoms with E-state index < -0.39 is 23.7 Å². The molecule has 0 unspecified atom stereocenters. The highest BCUT2D eigenvalue weighted by Crippen LogP contribution is 2.35. The number of halogens is 3. The molecular weight excluding hydrogens is 563 g/mol. The van der Waals surface area contributed by atoms with E-state index in [1.54, 1.807) is 32.0 Å². The quantitative estimate of drug-likeness (QED) is 0.275. The SMILES string of the molecule is CCOC(=O)c1sc(NC(=O)c2cccc(NC3=C(Cl)C(=O)N(c4ccc(Cl)cc4Cl)C3=O)c2)nc1C. The number of ether oxygens (including phenoxy) is 1. The largest absolute Gasteiger partial charge is 0.462 e. The molecule has 0 spiro atoms. The minimum Gasteiger partial charge on any atom is -0.462 e. The third-order valence-electron chi connectivity index (χ3n) is 5.05. The van der Waals surface area contributed by atoms with Crippen molar-refractivity contribution in [3.8, 4) is 0 Å². The van der Waals surface area contributed by atoms with Crippen LogP contribution in [-0.2, 0) is 14.3 Å². The molecule has 2 N–H and O–H groups in total. The van der Waals surface area contributed by atoms with Crippen molar-refractivity contribution in [1.29, 1.82) is 0 Å². The number of carbonyl (C=O) groups excluding carboxylic acids is 4. The van der Waals surface area contributed by atoms with E-state index in [1.807, 2.05) is 0 Å². The van der Waals surface area contributed by atoms with Gasteiger partial charge in [-0.25, -0.2) is 14.7 Å². The first kappa shape index (κ1) is 26.6. The fourth-order valence-corrected chi connectivity index (χ4v) is 4.94. The van der Waals surface area contributed by atoms with Crippen molar-refractivity contribution in [3.63, 3.8) is 0 Å². The lowest BCUT2D eigenvalue weighted by Gasteiger charge is -2.16. The standard InChI is InChI=1S/C24H17Cl3N4O5S/c1-3-36-23(35)19-11(2)28-24(37-19)30-20(32)12-5-4-6-14(9-12)29-18-17(27)21(33)31(22(18)34)16-8-7-13(25)10-15(16)26/h4-10,29H,3H2,1-2H3,(H,28,30,32). The van der Waals surface area contributed by atoms with Gasteiger partial charge in [-0.05, 0) is 50.2 Å². The van der Waals surface area contributed by atoms with Gasteiger partial charge in [0, 0.05) is 16.3 Å². The van der Waals surface area contributed by atoms with Crippen molar-refractivity contribution in [1.82, 2.24) is 4.98 Å². The maximum absolute atomic E-state index is 13.0. The molecular formula is C24H17Cl3N4O5S. The molecule has 9 nitrogen and oxygen atoms in total. The first-order valence-corrected chi connectivity index (χ1v) is 12.6. The Morgan fingerprint density at radius 1 is 1.08 bits per heavy atom. The van der Waals surface area contributed by atoms with Gasteiger partial charge in [-0.3, -0.25) is 19.7 Å². The van der Waals surface area contributed by atoms with Crippen LogP contribution in [0.1, 0.15) is 32.6 Å². The summed E-state index contributed by atoms with van der Waals surface area (Å²) in [4.78, 5) is 55.9. The lowest BCUT2D eigenvalue weighted by molar-refractivity contribution is -0.120. The Kier molecular flexibility index (Phi) is 7.84. The number of aromatic nitrogens is 1. The highest BCUT2D eigenvalue weighted by molar-refractivity contribution is 7.17. The highest BCUT2D eigenvalue weighted by atomic mass is 35.5. The summed E-state index contributed by atoms with van der Waals surface area (Å²) < 4.78 is 4.99. The summed E-state index contributed by atoms with van der Waals surface area (Å²) in [7, 11) is 0. The maximum atomic E-state index is 13.0. The van der Waals surface area contributed by atoms with Crippen LogP contribution in [0.25, 0.3) is 0 Å². The number of thiazole rings is 1. The van der Waals surface area contributed by atoms with Gasteiger partial charge in [0.15, 0.2) is 5.13 Å². The van der Waals surface area contributed by atoms with Gasteiger partial charge >= 0.3 is 5.97 Å². The molecule has 1 aliphatic rings. The Balaban J connectivity index is 1.52. The van der Waals surface area contributed by atoms with Gasteiger partial charge in [0.25, 0.3) is 17.7 Å². The van der Waals surface area contributed by atoms with Crippen molar-refractivity contribution >= 4 is 86.3 Å². The molecule has 0 saturated heterocycles. The van der Waals surface area contributed by atoms with Crippen molar-refractivity contribution in [2.75, 3.05) is 22.1 Å². The number of imide groups is 1. The molecule has 190 valence electrons. The van der Waals surface area contributed by atoms with Gasteiger partial charge in [0.2, 0.25) is 0 Å². The number of carbonyl (C=O) groups is 4. The number of benzene rings is 2. The molecule has 0 radical (unpaired) electrons. The van der Waals surface area contributed by atoms with Crippen LogP contribution in [0.5, 0.6) is 0 Å². The van der Waals surface area contributed by atoms with Crippen molar-refractivity contribution in [2.24, 2.45) is 0 Å². The molecule has 0 bridgehead atoms. The summed E-state index contributed by atoms with van der Waals surface area (Å²) >= 11 is 19.3. The molecule has 4 rings (SSSR count). The first-order chi connectivity index (χ1) is 17.6. The van der Waals surface area contributed by atoms with E-state index in [0.717, 1.165) is 16.2 Å². The van der Waals surface area contributed by atoms with E-state index in [1.165, 1.54) is 24.3 Å². The molecule has 0 aliphatic carbocycles.